The minimum absolute atomic E-state index is 0.0162. The molecule has 0 aliphatic carbocycles. The fourth-order valence-corrected chi connectivity index (χ4v) is 3.97. The zero-order valence-corrected chi connectivity index (χ0v) is 14.7. The Morgan fingerprint density at radius 1 is 1.22 bits per heavy atom. The molecular weight excluding hydrogens is 347 g/mol. The lowest BCUT2D eigenvalue weighted by Crippen LogP contribution is -2.27. The van der Waals surface area contributed by atoms with Crippen molar-refractivity contribution < 1.29 is 9.18 Å². The van der Waals surface area contributed by atoms with Crippen molar-refractivity contribution >= 4 is 17.4 Å². The Labute approximate surface area is 155 Å². The summed E-state index contributed by atoms with van der Waals surface area (Å²) in [7, 11) is 0. The number of rotatable bonds is 0. The average molecular weight is 366 g/mol. The summed E-state index contributed by atoms with van der Waals surface area (Å²) in [6.07, 6.45) is 6.54. The van der Waals surface area contributed by atoms with E-state index in [1.54, 1.807) is 16.9 Å². The molecule has 1 saturated heterocycles. The van der Waals surface area contributed by atoms with E-state index in [-0.39, 0.29) is 17.8 Å². The van der Waals surface area contributed by atoms with Gasteiger partial charge >= 0.3 is 0 Å². The number of hydrogen-bond donors (Lipinski definition) is 1. The molecule has 27 heavy (non-hydrogen) atoms. The van der Waals surface area contributed by atoms with Crippen molar-refractivity contribution in [1.82, 2.24) is 24.9 Å². The Kier molecular flexibility index (Phi) is 3.77. The predicted molar refractivity (Wildman–Crippen MR) is 97.2 cm³/mol. The molecule has 0 radical (unpaired) electrons. The van der Waals surface area contributed by atoms with Gasteiger partial charge in [-0.05, 0) is 43.9 Å². The highest BCUT2D eigenvalue weighted by atomic mass is 19.1. The van der Waals surface area contributed by atoms with E-state index in [4.69, 9.17) is 9.97 Å². The van der Waals surface area contributed by atoms with Gasteiger partial charge in [0.15, 0.2) is 5.65 Å². The molecule has 0 spiro atoms. The summed E-state index contributed by atoms with van der Waals surface area (Å²) in [5.41, 5.74) is 2.46. The molecule has 1 N–H and O–H groups in total. The SMILES string of the molecule is O=C1NCCCc2cc(F)cc(n2)C2CCCN2c2ccn3ncc1c3n2. The Balaban J connectivity index is 1.66. The molecule has 5 heterocycles. The van der Waals surface area contributed by atoms with Crippen LogP contribution in [-0.2, 0) is 6.42 Å². The molecule has 2 aliphatic rings. The van der Waals surface area contributed by atoms with E-state index < -0.39 is 0 Å². The number of aryl methyl sites for hydroxylation is 1. The molecule has 1 atom stereocenters. The molecule has 3 aromatic heterocycles. The van der Waals surface area contributed by atoms with Crippen molar-refractivity contribution in [2.24, 2.45) is 0 Å². The number of carbonyl (C=O) groups excluding carboxylic acids is 1. The van der Waals surface area contributed by atoms with Crippen LogP contribution < -0.4 is 10.2 Å². The third-order valence-corrected chi connectivity index (χ3v) is 5.25. The highest BCUT2D eigenvalue weighted by Gasteiger charge is 2.29. The number of amides is 1. The molecule has 1 amide bonds. The maximum atomic E-state index is 14.2. The Morgan fingerprint density at radius 2 is 2.15 bits per heavy atom. The average Bonchev–Trinajstić information content (AvgIpc) is 3.30. The van der Waals surface area contributed by atoms with Crippen LogP contribution in [0.2, 0.25) is 0 Å². The van der Waals surface area contributed by atoms with Gasteiger partial charge in [-0.15, -0.1) is 0 Å². The van der Waals surface area contributed by atoms with Crippen LogP contribution in [0, 0.1) is 5.82 Å². The van der Waals surface area contributed by atoms with Gasteiger partial charge in [-0.25, -0.2) is 13.9 Å². The molecule has 138 valence electrons. The number of nitrogens with zero attached hydrogens (tertiary/aromatic N) is 5. The quantitative estimate of drug-likeness (QED) is 0.661. The van der Waals surface area contributed by atoms with Crippen LogP contribution >= 0.6 is 0 Å². The van der Waals surface area contributed by atoms with Gasteiger partial charge in [0.05, 0.1) is 17.9 Å². The molecule has 0 saturated carbocycles. The highest BCUT2D eigenvalue weighted by molar-refractivity contribution is 5.99. The molecule has 0 aromatic carbocycles. The summed E-state index contributed by atoms with van der Waals surface area (Å²) < 4.78 is 15.8. The van der Waals surface area contributed by atoms with Gasteiger partial charge in [-0.3, -0.25) is 9.78 Å². The summed E-state index contributed by atoms with van der Waals surface area (Å²) in [6.45, 7) is 1.30. The first-order chi connectivity index (χ1) is 13.2. The third kappa shape index (κ3) is 2.81. The van der Waals surface area contributed by atoms with Crippen molar-refractivity contribution in [3.05, 3.63) is 53.4 Å². The van der Waals surface area contributed by atoms with Gasteiger partial charge in [0, 0.05) is 25.0 Å². The number of hydrogen-bond acceptors (Lipinski definition) is 5. The maximum Gasteiger partial charge on any atom is 0.256 e. The molecule has 2 aliphatic heterocycles. The number of fused-ring (bicyclic) bond motifs is 6. The van der Waals surface area contributed by atoms with E-state index in [1.807, 2.05) is 6.07 Å². The van der Waals surface area contributed by atoms with Crippen molar-refractivity contribution in [1.29, 1.82) is 0 Å². The minimum Gasteiger partial charge on any atom is -0.352 e. The smallest absolute Gasteiger partial charge is 0.256 e. The van der Waals surface area contributed by atoms with Crippen molar-refractivity contribution in [2.45, 2.75) is 31.7 Å². The number of carbonyl (C=O) groups is 1. The highest BCUT2D eigenvalue weighted by Crippen LogP contribution is 2.35. The summed E-state index contributed by atoms with van der Waals surface area (Å²) in [4.78, 5) is 24.1. The molecule has 4 bridgehead atoms. The van der Waals surface area contributed by atoms with Crippen LogP contribution in [0.15, 0.2) is 30.6 Å². The lowest BCUT2D eigenvalue weighted by atomic mass is 10.1. The Hall–Kier alpha value is -3.03. The monoisotopic (exact) mass is 366 g/mol. The van der Waals surface area contributed by atoms with Gasteiger partial charge < -0.3 is 10.2 Å². The van der Waals surface area contributed by atoms with Crippen LogP contribution in [0.3, 0.4) is 0 Å². The molecular formula is C19H19FN6O. The first kappa shape index (κ1) is 16.2. The maximum absolute atomic E-state index is 14.2. The van der Waals surface area contributed by atoms with E-state index in [9.17, 15) is 9.18 Å². The first-order valence-electron chi connectivity index (χ1n) is 9.24. The van der Waals surface area contributed by atoms with E-state index in [0.717, 1.165) is 36.6 Å². The largest absolute Gasteiger partial charge is 0.352 e. The normalized spacial score (nSPS) is 19.8. The second-order valence-corrected chi connectivity index (χ2v) is 7.02. The number of aromatic nitrogens is 4. The van der Waals surface area contributed by atoms with Crippen LogP contribution in [0.25, 0.3) is 5.65 Å². The predicted octanol–water partition coefficient (Wildman–Crippen LogP) is 2.28. The Morgan fingerprint density at radius 3 is 3.07 bits per heavy atom. The Bertz CT molecular complexity index is 1030. The van der Waals surface area contributed by atoms with Gasteiger partial charge in [0.2, 0.25) is 0 Å². The van der Waals surface area contributed by atoms with E-state index in [1.165, 1.54) is 12.1 Å². The number of pyridine rings is 1. The minimum atomic E-state index is -0.264. The van der Waals surface area contributed by atoms with Crippen LogP contribution in [0.4, 0.5) is 10.2 Å². The topological polar surface area (TPSA) is 75.4 Å². The van der Waals surface area contributed by atoms with E-state index in [2.05, 4.69) is 15.3 Å². The molecule has 5 rings (SSSR count). The van der Waals surface area contributed by atoms with Gasteiger partial charge in [-0.2, -0.15) is 5.10 Å². The standard InChI is InChI=1S/C19H19FN6O/c20-12-9-13-3-1-6-21-19(27)14-11-22-26-8-5-17(24-18(14)26)25-7-2-4-16(25)15(10-12)23-13/h5,8-11,16H,1-4,6-7H2,(H,21,27). The number of anilines is 1. The lowest BCUT2D eigenvalue weighted by Gasteiger charge is -2.26. The molecule has 1 unspecified atom stereocenters. The van der Waals surface area contributed by atoms with Gasteiger partial charge in [0.25, 0.3) is 5.91 Å². The van der Waals surface area contributed by atoms with Crippen LogP contribution in [0.5, 0.6) is 0 Å². The summed E-state index contributed by atoms with van der Waals surface area (Å²) in [6, 6.07) is 4.88. The van der Waals surface area contributed by atoms with E-state index in [0.29, 0.717) is 30.6 Å². The van der Waals surface area contributed by atoms with Crippen molar-refractivity contribution in [3.63, 3.8) is 0 Å². The summed E-state index contributed by atoms with van der Waals surface area (Å²) >= 11 is 0. The molecule has 8 heteroatoms. The number of halogens is 1. The molecule has 3 aromatic rings. The molecule has 1 fully saturated rings. The second-order valence-electron chi connectivity index (χ2n) is 7.02. The molecule has 7 nitrogen and oxygen atoms in total. The van der Waals surface area contributed by atoms with Crippen molar-refractivity contribution in [3.8, 4) is 0 Å². The second kappa shape index (κ2) is 6.29. The summed E-state index contributed by atoms with van der Waals surface area (Å²) in [5, 5.41) is 7.13. The van der Waals surface area contributed by atoms with Gasteiger partial charge in [-0.1, -0.05) is 0 Å². The zero-order valence-electron chi connectivity index (χ0n) is 14.7. The van der Waals surface area contributed by atoms with Crippen molar-refractivity contribution in [2.75, 3.05) is 18.0 Å². The fraction of sp³-hybridized carbons (Fsp3) is 0.368. The number of nitrogens with one attached hydrogen (secondary N) is 1. The van der Waals surface area contributed by atoms with Crippen LogP contribution in [-0.4, -0.2) is 38.6 Å². The first-order valence-corrected chi connectivity index (χ1v) is 9.24. The van der Waals surface area contributed by atoms with Crippen LogP contribution in [0.1, 0.15) is 47.1 Å². The zero-order chi connectivity index (χ0) is 18.4. The van der Waals surface area contributed by atoms with E-state index >= 15 is 0 Å². The fourth-order valence-electron chi connectivity index (χ4n) is 3.97. The summed E-state index contributed by atoms with van der Waals surface area (Å²) in [5.74, 6) is 0.293. The third-order valence-electron chi connectivity index (χ3n) is 5.25. The van der Waals surface area contributed by atoms with Gasteiger partial charge in [0.1, 0.15) is 17.2 Å². The lowest BCUT2D eigenvalue weighted by molar-refractivity contribution is 0.0954.